The summed E-state index contributed by atoms with van der Waals surface area (Å²) in [5.74, 6) is 0.905. The second-order valence-electron chi connectivity index (χ2n) is 3.86. The highest BCUT2D eigenvalue weighted by Gasteiger charge is 2.17. The van der Waals surface area contributed by atoms with Crippen LogP contribution in [-0.4, -0.2) is 20.2 Å². The maximum absolute atomic E-state index is 5.79. The summed E-state index contributed by atoms with van der Waals surface area (Å²) < 4.78 is 5.33. The molecule has 82 valence electrons. The van der Waals surface area contributed by atoms with Crippen LogP contribution in [0.3, 0.4) is 0 Å². The molecule has 1 heterocycles. The Morgan fingerprint density at radius 1 is 1.33 bits per heavy atom. The van der Waals surface area contributed by atoms with Gasteiger partial charge in [-0.1, -0.05) is 6.07 Å². The van der Waals surface area contributed by atoms with Crippen LogP contribution in [0.4, 0.5) is 5.69 Å². The van der Waals surface area contributed by atoms with Crippen molar-refractivity contribution in [2.45, 2.75) is 19.4 Å². The quantitative estimate of drug-likeness (QED) is 0.819. The molecule has 1 saturated heterocycles. The third-order valence-electron chi connectivity index (χ3n) is 2.98. The third kappa shape index (κ3) is 1.92. The number of nitrogens with zero attached hydrogens (tertiary/aromatic N) is 1. The molecule has 0 aromatic heterocycles. The van der Waals surface area contributed by atoms with Crippen molar-refractivity contribution < 1.29 is 4.74 Å². The Bertz CT molecular complexity index is 332. The Hall–Kier alpha value is -1.22. The van der Waals surface area contributed by atoms with Crippen LogP contribution in [-0.2, 0) is 6.54 Å². The molecule has 2 N–H and O–H groups in total. The van der Waals surface area contributed by atoms with Crippen LogP contribution >= 0.6 is 0 Å². The minimum atomic E-state index is 0.538. The highest BCUT2D eigenvalue weighted by atomic mass is 16.5. The van der Waals surface area contributed by atoms with E-state index in [1.54, 1.807) is 7.11 Å². The smallest absolute Gasteiger partial charge is 0.125 e. The van der Waals surface area contributed by atoms with Gasteiger partial charge >= 0.3 is 0 Å². The molecule has 1 aliphatic rings. The van der Waals surface area contributed by atoms with Gasteiger partial charge in [0.15, 0.2) is 0 Å². The first-order valence-electron chi connectivity index (χ1n) is 5.47. The fourth-order valence-electron chi connectivity index (χ4n) is 2.20. The number of anilines is 1. The molecule has 0 unspecified atom stereocenters. The van der Waals surface area contributed by atoms with Crippen molar-refractivity contribution >= 4 is 5.69 Å². The molecule has 0 saturated carbocycles. The van der Waals surface area contributed by atoms with Gasteiger partial charge in [0, 0.05) is 30.9 Å². The van der Waals surface area contributed by atoms with Gasteiger partial charge in [0.25, 0.3) is 0 Å². The number of benzene rings is 1. The number of ether oxygens (including phenoxy) is 1. The maximum atomic E-state index is 5.79. The molecule has 1 aromatic carbocycles. The van der Waals surface area contributed by atoms with Crippen LogP contribution < -0.4 is 15.4 Å². The predicted octanol–water partition coefficient (Wildman–Crippen LogP) is 1.75. The second-order valence-corrected chi connectivity index (χ2v) is 3.86. The van der Waals surface area contributed by atoms with Gasteiger partial charge in [-0.3, -0.25) is 0 Å². The van der Waals surface area contributed by atoms with Gasteiger partial charge in [-0.2, -0.15) is 0 Å². The highest BCUT2D eigenvalue weighted by Crippen LogP contribution is 2.30. The maximum Gasteiger partial charge on any atom is 0.125 e. The van der Waals surface area contributed by atoms with Crippen molar-refractivity contribution in [1.29, 1.82) is 0 Å². The van der Waals surface area contributed by atoms with Crippen LogP contribution in [0.25, 0.3) is 0 Å². The Balaban J connectivity index is 2.36. The van der Waals surface area contributed by atoms with E-state index in [0.29, 0.717) is 6.54 Å². The van der Waals surface area contributed by atoms with E-state index in [0.717, 1.165) is 24.4 Å². The Labute approximate surface area is 90.8 Å². The number of nitrogens with two attached hydrogens (primary N) is 1. The molecule has 1 fully saturated rings. The molecule has 1 aromatic rings. The van der Waals surface area contributed by atoms with Crippen molar-refractivity contribution in [1.82, 2.24) is 0 Å². The summed E-state index contributed by atoms with van der Waals surface area (Å²) in [6, 6.07) is 6.14. The minimum Gasteiger partial charge on any atom is -0.496 e. The Morgan fingerprint density at radius 3 is 2.67 bits per heavy atom. The van der Waals surface area contributed by atoms with Crippen LogP contribution in [0, 0.1) is 0 Å². The summed E-state index contributed by atoms with van der Waals surface area (Å²) in [6.45, 7) is 2.82. The van der Waals surface area contributed by atoms with E-state index in [4.69, 9.17) is 10.5 Å². The van der Waals surface area contributed by atoms with Crippen molar-refractivity contribution in [3.8, 4) is 5.75 Å². The lowest BCUT2D eigenvalue weighted by Gasteiger charge is -2.22. The fraction of sp³-hybridized carbons (Fsp3) is 0.500. The molecule has 3 heteroatoms. The van der Waals surface area contributed by atoms with Crippen molar-refractivity contribution in [3.63, 3.8) is 0 Å². The molecule has 0 aliphatic carbocycles. The second kappa shape index (κ2) is 4.53. The molecule has 0 bridgehead atoms. The van der Waals surface area contributed by atoms with Crippen LogP contribution in [0.15, 0.2) is 18.2 Å². The van der Waals surface area contributed by atoms with E-state index >= 15 is 0 Å². The summed E-state index contributed by atoms with van der Waals surface area (Å²) in [6.07, 6.45) is 2.56. The van der Waals surface area contributed by atoms with Gasteiger partial charge in [0.05, 0.1) is 7.11 Å². The summed E-state index contributed by atoms with van der Waals surface area (Å²) in [5, 5.41) is 0. The Kier molecular flexibility index (Phi) is 3.11. The van der Waals surface area contributed by atoms with Gasteiger partial charge in [0.2, 0.25) is 0 Å². The predicted molar refractivity (Wildman–Crippen MR) is 62.3 cm³/mol. The summed E-state index contributed by atoms with van der Waals surface area (Å²) >= 11 is 0. The van der Waals surface area contributed by atoms with E-state index in [1.165, 1.54) is 18.5 Å². The van der Waals surface area contributed by atoms with E-state index in [2.05, 4.69) is 11.0 Å². The van der Waals surface area contributed by atoms with Gasteiger partial charge in [0.1, 0.15) is 5.75 Å². The van der Waals surface area contributed by atoms with Gasteiger partial charge < -0.3 is 15.4 Å². The van der Waals surface area contributed by atoms with E-state index in [1.807, 2.05) is 12.1 Å². The lowest BCUT2D eigenvalue weighted by molar-refractivity contribution is 0.410. The molecule has 2 rings (SSSR count). The van der Waals surface area contributed by atoms with E-state index in [-0.39, 0.29) is 0 Å². The largest absolute Gasteiger partial charge is 0.496 e. The molecule has 15 heavy (non-hydrogen) atoms. The van der Waals surface area contributed by atoms with Crippen LogP contribution in [0.5, 0.6) is 5.75 Å². The zero-order valence-corrected chi connectivity index (χ0v) is 9.20. The third-order valence-corrected chi connectivity index (χ3v) is 2.98. The lowest BCUT2D eigenvalue weighted by atomic mass is 10.1. The summed E-state index contributed by atoms with van der Waals surface area (Å²) in [5.41, 5.74) is 8.16. The molecule has 0 spiro atoms. The Morgan fingerprint density at radius 2 is 2.07 bits per heavy atom. The number of hydrogen-bond donors (Lipinski definition) is 1. The number of rotatable bonds is 3. The standard InChI is InChI=1S/C12H18N2O/c1-15-12-6-4-5-11(10(12)9-13)14-7-2-3-8-14/h4-6H,2-3,7-9,13H2,1H3. The molecule has 0 amide bonds. The monoisotopic (exact) mass is 206 g/mol. The molecule has 1 aliphatic heterocycles. The lowest BCUT2D eigenvalue weighted by Crippen LogP contribution is -2.20. The number of methoxy groups -OCH3 is 1. The van der Waals surface area contributed by atoms with Gasteiger partial charge in [-0.05, 0) is 25.0 Å². The topological polar surface area (TPSA) is 38.5 Å². The SMILES string of the molecule is COc1cccc(N2CCCC2)c1CN. The van der Waals surface area contributed by atoms with Crippen LogP contribution in [0.1, 0.15) is 18.4 Å². The number of hydrogen-bond acceptors (Lipinski definition) is 3. The van der Waals surface area contributed by atoms with E-state index in [9.17, 15) is 0 Å². The van der Waals surface area contributed by atoms with Crippen molar-refractivity contribution in [3.05, 3.63) is 23.8 Å². The van der Waals surface area contributed by atoms with E-state index < -0.39 is 0 Å². The summed E-state index contributed by atoms with van der Waals surface area (Å²) in [7, 11) is 1.70. The zero-order chi connectivity index (χ0) is 10.7. The molecular formula is C12H18N2O. The normalized spacial score (nSPS) is 15.7. The fourth-order valence-corrected chi connectivity index (χ4v) is 2.20. The van der Waals surface area contributed by atoms with Gasteiger partial charge in [-0.15, -0.1) is 0 Å². The average molecular weight is 206 g/mol. The van der Waals surface area contributed by atoms with Crippen molar-refractivity contribution in [2.75, 3.05) is 25.1 Å². The van der Waals surface area contributed by atoms with Crippen molar-refractivity contribution in [2.24, 2.45) is 5.73 Å². The first kappa shape index (κ1) is 10.3. The molecular weight excluding hydrogens is 188 g/mol. The molecule has 0 atom stereocenters. The zero-order valence-electron chi connectivity index (χ0n) is 9.20. The first-order valence-corrected chi connectivity index (χ1v) is 5.47. The van der Waals surface area contributed by atoms with Gasteiger partial charge in [-0.25, -0.2) is 0 Å². The minimum absolute atomic E-state index is 0.538. The first-order chi connectivity index (χ1) is 7.36. The van der Waals surface area contributed by atoms with Crippen LogP contribution in [0.2, 0.25) is 0 Å². The average Bonchev–Trinajstić information content (AvgIpc) is 2.81. The highest BCUT2D eigenvalue weighted by molar-refractivity contribution is 5.59. The molecule has 0 radical (unpaired) electrons. The summed E-state index contributed by atoms with van der Waals surface area (Å²) in [4.78, 5) is 2.39. The molecule has 3 nitrogen and oxygen atoms in total.